The van der Waals surface area contributed by atoms with Gasteiger partial charge >= 0.3 is 0 Å². The van der Waals surface area contributed by atoms with Crippen LogP contribution in [0.25, 0.3) is 0 Å². The molecule has 0 amide bonds. The summed E-state index contributed by atoms with van der Waals surface area (Å²) in [5.41, 5.74) is 2.12. The fraction of sp³-hybridized carbons (Fsp3) is 0.500. The summed E-state index contributed by atoms with van der Waals surface area (Å²) in [5.74, 6) is 0.401. The fourth-order valence-electron chi connectivity index (χ4n) is 1.48. The number of halogens is 1. The predicted octanol–water partition coefficient (Wildman–Crippen LogP) is 4.01. The summed E-state index contributed by atoms with van der Waals surface area (Å²) in [6, 6.07) is 3.87. The minimum absolute atomic E-state index is 0.0150. The maximum absolute atomic E-state index is 9.86. The van der Waals surface area contributed by atoms with Crippen molar-refractivity contribution >= 4 is 15.9 Å². The van der Waals surface area contributed by atoms with Gasteiger partial charge in [0.05, 0.1) is 0 Å². The summed E-state index contributed by atoms with van der Waals surface area (Å²) in [5, 5.41) is 9.86. The second-order valence-corrected chi connectivity index (χ2v) is 5.42. The molecule has 0 spiro atoms. The third-order valence-corrected chi connectivity index (χ3v) is 3.09. The lowest BCUT2D eigenvalue weighted by atomic mass is 9.85. The SMILES string of the molecule is CCc1cc(O)c(C(C)(C)C)cc1Br. The van der Waals surface area contributed by atoms with Crippen LogP contribution in [0.2, 0.25) is 0 Å². The van der Waals surface area contributed by atoms with Crippen molar-refractivity contribution < 1.29 is 5.11 Å². The van der Waals surface area contributed by atoms with Gasteiger partial charge in [-0.05, 0) is 29.5 Å². The van der Waals surface area contributed by atoms with Crippen LogP contribution in [0.3, 0.4) is 0 Å². The van der Waals surface area contributed by atoms with Crippen molar-refractivity contribution in [3.63, 3.8) is 0 Å². The standard InChI is InChI=1S/C12H17BrO/c1-5-8-6-11(14)9(7-10(8)13)12(2,3)4/h6-7,14H,5H2,1-4H3. The van der Waals surface area contributed by atoms with E-state index >= 15 is 0 Å². The van der Waals surface area contributed by atoms with Gasteiger partial charge < -0.3 is 5.11 Å². The minimum Gasteiger partial charge on any atom is -0.508 e. The zero-order valence-electron chi connectivity index (χ0n) is 9.19. The lowest BCUT2D eigenvalue weighted by molar-refractivity contribution is 0.445. The van der Waals surface area contributed by atoms with Gasteiger partial charge in [0.15, 0.2) is 0 Å². The number of hydrogen-bond acceptors (Lipinski definition) is 1. The van der Waals surface area contributed by atoms with Gasteiger partial charge in [-0.3, -0.25) is 0 Å². The van der Waals surface area contributed by atoms with Gasteiger partial charge in [0, 0.05) is 10.0 Å². The molecule has 0 aromatic heterocycles. The van der Waals surface area contributed by atoms with Crippen molar-refractivity contribution in [1.29, 1.82) is 0 Å². The predicted molar refractivity (Wildman–Crippen MR) is 63.9 cm³/mol. The van der Waals surface area contributed by atoms with Gasteiger partial charge in [0.1, 0.15) is 5.75 Å². The van der Waals surface area contributed by atoms with Crippen LogP contribution in [0.4, 0.5) is 0 Å². The summed E-state index contributed by atoms with van der Waals surface area (Å²) in [6.45, 7) is 8.37. The molecule has 2 heteroatoms. The molecule has 1 aromatic carbocycles. The van der Waals surface area contributed by atoms with Crippen LogP contribution in [0.1, 0.15) is 38.8 Å². The van der Waals surface area contributed by atoms with E-state index in [1.165, 1.54) is 0 Å². The molecular weight excluding hydrogens is 240 g/mol. The number of aryl methyl sites for hydroxylation is 1. The number of phenols is 1. The zero-order chi connectivity index (χ0) is 10.9. The zero-order valence-corrected chi connectivity index (χ0v) is 10.8. The molecule has 0 aliphatic heterocycles. The largest absolute Gasteiger partial charge is 0.508 e. The topological polar surface area (TPSA) is 20.2 Å². The second-order valence-electron chi connectivity index (χ2n) is 4.56. The summed E-state index contributed by atoms with van der Waals surface area (Å²) in [4.78, 5) is 0. The van der Waals surface area contributed by atoms with Crippen LogP contribution in [0.5, 0.6) is 5.75 Å². The molecule has 0 fully saturated rings. The Labute approximate surface area is 94.3 Å². The molecule has 0 saturated heterocycles. The molecule has 0 heterocycles. The number of hydrogen-bond donors (Lipinski definition) is 1. The maximum Gasteiger partial charge on any atom is 0.119 e. The molecule has 14 heavy (non-hydrogen) atoms. The maximum atomic E-state index is 9.86. The van der Waals surface area contributed by atoms with Crippen LogP contribution < -0.4 is 0 Å². The molecule has 0 aliphatic rings. The van der Waals surface area contributed by atoms with E-state index in [2.05, 4.69) is 43.6 Å². The van der Waals surface area contributed by atoms with E-state index in [0.717, 1.165) is 22.0 Å². The first-order valence-electron chi connectivity index (χ1n) is 4.88. The van der Waals surface area contributed by atoms with E-state index in [9.17, 15) is 5.11 Å². The average Bonchev–Trinajstić information content (AvgIpc) is 2.06. The first-order chi connectivity index (χ1) is 6.36. The van der Waals surface area contributed by atoms with Gasteiger partial charge in [-0.25, -0.2) is 0 Å². The Morgan fingerprint density at radius 2 is 1.86 bits per heavy atom. The van der Waals surface area contributed by atoms with Crippen molar-refractivity contribution in [2.45, 2.75) is 39.5 Å². The van der Waals surface area contributed by atoms with Crippen molar-refractivity contribution in [1.82, 2.24) is 0 Å². The Hall–Kier alpha value is -0.500. The van der Waals surface area contributed by atoms with E-state index in [-0.39, 0.29) is 5.41 Å². The minimum atomic E-state index is -0.0150. The Balaban J connectivity index is 3.29. The highest BCUT2D eigenvalue weighted by atomic mass is 79.9. The third kappa shape index (κ3) is 2.30. The Morgan fingerprint density at radius 3 is 2.29 bits per heavy atom. The van der Waals surface area contributed by atoms with E-state index in [0.29, 0.717) is 5.75 Å². The number of phenolic OH excluding ortho intramolecular Hbond substituents is 1. The van der Waals surface area contributed by atoms with Crippen molar-refractivity contribution in [2.75, 3.05) is 0 Å². The fourth-order valence-corrected chi connectivity index (χ4v) is 2.10. The molecule has 0 saturated carbocycles. The molecular formula is C12H17BrO. The lowest BCUT2D eigenvalue weighted by Gasteiger charge is -2.21. The van der Waals surface area contributed by atoms with E-state index < -0.39 is 0 Å². The van der Waals surface area contributed by atoms with Gasteiger partial charge in [-0.15, -0.1) is 0 Å². The molecule has 0 aliphatic carbocycles. The Kier molecular flexibility index (Phi) is 3.25. The van der Waals surface area contributed by atoms with Crippen LogP contribution in [-0.2, 0) is 11.8 Å². The third-order valence-electron chi connectivity index (χ3n) is 2.35. The summed E-state index contributed by atoms with van der Waals surface area (Å²) >= 11 is 3.52. The van der Waals surface area contributed by atoms with E-state index in [4.69, 9.17) is 0 Å². The van der Waals surface area contributed by atoms with Gasteiger partial charge in [0.25, 0.3) is 0 Å². The first-order valence-corrected chi connectivity index (χ1v) is 5.67. The molecule has 1 rings (SSSR count). The average molecular weight is 257 g/mol. The monoisotopic (exact) mass is 256 g/mol. The number of aromatic hydroxyl groups is 1. The van der Waals surface area contributed by atoms with E-state index in [1.807, 2.05) is 12.1 Å². The lowest BCUT2D eigenvalue weighted by Crippen LogP contribution is -2.11. The smallest absolute Gasteiger partial charge is 0.119 e. The normalized spacial score (nSPS) is 11.8. The number of benzene rings is 1. The van der Waals surface area contributed by atoms with Crippen molar-refractivity contribution in [3.8, 4) is 5.75 Å². The molecule has 0 atom stereocenters. The highest BCUT2D eigenvalue weighted by molar-refractivity contribution is 9.10. The van der Waals surface area contributed by atoms with Crippen molar-refractivity contribution in [2.24, 2.45) is 0 Å². The second kappa shape index (κ2) is 3.93. The molecule has 0 radical (unpaired) electrons. The number of rotatable bonds is 1. The van der Waals surface area contributed by atoms with Crippen LogP contribution in [-0.4, -0.2) is 5.11 Å². The van der Waals surface area contributed by atoms with E-state index in [1.54, 1.807) is 0 Å². The van der Waals surface area contributed by atoms with Crippen LogP contribution in [0.15, 0.2) is 16.6 Å². The first kappa shape index (κ1) is 11.6. The van der Waals surface area contributed by atoms with Crippen LogP contribution in [0, 0.1) is 0 Å². The van der Waals surface area contributed by atoms with Crippen LogP contribution >= 0.6 is 15.9 Å². The highest BCUT2D eigenvalue weighted by Crippen LogP contribution is 2.34. The molecule has 0 unspecified atom stereocenters. The van der Waals surface area contributed by atoms with Gasteiger partial charge in [0.2, 0.25) is 0 Å². The molecule has 1 nitrogen and oxygen atoms in total. The Morgan fingerprint density at radius 1 is 1.29 bits per heavy atom. The molecule has 1 N–H and O–H groups in total. The Bertz CT molecular complexity index is 337. The summed E-state index contributed by atoms with van der Waals surface area (Å²) < 4.78 is 1.09. The van der Waals surface area contributed by atoms with Crippen molar-refractivity contribution in [3.05, 3.63) is 27.7 Å². The highest BCUT2D eigenvalue weighted by Gasteiger charge is 2.19. The van der Waals surface area contributed by atoms with Gasteiger partial charge in [-0.1, -0.05) is 43.6 Å². The summed E-state index contributed by atoms with van der Waals surface area (Å²) in [7, 11) is 0. The van der Waals surface area contributed by atoms with Gasteiger partial charge in [-0.2, -0.15) is 0 Å². The molecule has 78 valence electrons. The quantitative estimate of drug-likeness (QED) is 0.805. The molecule has 1 aromatic rings. The summed E-state index contributed by atoms with van der Waals surface area (Å²) in [6.07, 6.45) is 0.929. The molecule has 0 bridgehead atoms.